The summed E-state index contributed by atoms with van der Waals surface area (Å²) in [7, 11) is 0. The van der Waals surface area contributed by atoms with Gasteiger partial charge in [0, 0.05) is 13.2 Å². The summed E-state index contributed by atoms with van der Waals surface area (Å²) in [6, 6.07) is -0.294. The lowest BCUT2D eigenvalue weighted by molar-refractivity contribution is -0.144. The predicted octanol–water partition coefficient (Wildman–Crippen LogP) is 1.99. The summed E-state index contributed by atoms with van der Waals surface area (Å²) in [5, 5.41) is 9.10. The average Bonchev–Trinajstić information content (AvgIpc) is 2.28. The van der Waals surface area contributed by atoms with Gasteiger partial charge in [0.1, 0.15) is 6.04 Å². The van der Waals surface area contributed by atoms with Crippen LogP contribution in [-0.4, -0.2) is 48.3 Å². The van der Waals surface area contributed by atoms with Gasteiger partial charge in [-0.25, -0.2) is 0 Å². The van der Waals surface area contributed by atoms with Crippen LogP contribution in [0.1, 0.15) is 39.5 Å². The molecule has 0 aliphatic carbocycles. The summed E-state index contributed by atoms with van der Waals surface area (Å²) in [5.74, 6) is -0.0244. The Kier molecular flexibility index (Phi) is 6.52. The van der Waals surface area contributed by atoms with Crippen molar-refractivity contribution in [2.75, 3.05) is 26.3 Å². The Hall–Kier alpha value is -0.610. The first kappa shape index (κ1) is 14.5. The molecule has 1 aliphatic heterocycles. The molecule has 1 rings (SSSR count). The van der Waals surface area contributed by atoms with E-state index in [1.54, 1.807) is 0 Å². The standard InChI is InChI=1S/C13H25NO3/c1-11(2)6-9-17-10-8-14-7-4-3-5-12(14)13(15)16/h11-12H,3-10H2,1-2H3,(H,15,16). The summed E-state index contributed by atoms with van der Waals surface area (Å²) in [5.41, 5.74) is 0. The molecule has 1 heterocycles. The zero-order valence-electron chi connectivity index (χ0n) is 11.0. The summed E-state index contributed by atoms with van der Waals surface area (Å²) in [6.07, 6.45) is 3.99. The topological polar surface area (TPSA) is 49.8 Å². The van der Waals surface area contributed by atoms with Gasteiger partial charge in [-0.05, 0) is 31.7 Å². The van der Waals surface area contributed by atoms with Gasteiger partial charge in [-0.3, -0.25) is 9.69 Å². The maximum atomic E-state index is 11.1. The molecule has 1 saturated heterocycles. The average molecular weight is 243 g/mol. The number of carbonyl (C=O) groups is 1. The number of hydrogen-bond donors (Lipinski definition) is 1. The number of piperidine rings is 1. The summed E-state index contributed by atoms with van der Waals surface area (Å²) < 4.78 is 5.54. The lowest BCUT2D eigenvalue weighted by Gasteiger charge is -2.32. The second-order valence-electron chi connectivity index (χ2n) is 5.18. The number of nitrogens with zero attached hydrogens (tertiary/aromatic N) is 1. The van der Waals surface area contributed by atoms with Gasteiger partial charge in [0.15, 0.2) is 0 Å². The van der Waals surface area contributed by atoms with Gasteiger partial charge in [-0.2, -0.15) is 0 Å². The Morgan fingerprint density at radius 3 is 2.82 bits per heavy atom. The molecule has 0 bridgehead atoms. The highest BCUT2D eigenvalue weighted by Crippen LogP contribution is 2.16. The van der Waals surface area contributed by atoms with Crippen LogP contribution in [0.15, 0.2) is 0 Å². The van der Waals surface area contributed by atoms with Crippen molar-refractivity contribution in [2.24, 2.45) is 5.92 Å². The fourth-order valence-corrected chi connectivity index (χ4v) is 2.14. The quantitative estimate of drug-likeness (QED) is 0.695. The summed E-state index contributed by atoms with van der Waals surface area (Å²) >= 11 is 0. The second kappa shape index (κ2) is 7.67. The number of rotatable bonds is 7. The Balaban J connectivity index is 2.17. The zero-order chi connectivity index (χ0) is 12.7. The number of likely N-dealkylation sites (tertiary alicyclic amines) is 1. The Labute approximate surface area is 104 Å². The van der Waals surface area contributed by atoms with Crippen molar-refractivity contribution in [3.05, 3.63) is 0 Å². The van der Waals surface area contributed by atoms with E-state index in [1.165, 1.54) is 0 Å². The molecule has 1 atom stereocenters. The van der Waals surface area contributed by atoms with Crippen LogP contribution in [0.25, 0.3) is 0 Å². The highest BCUT2D eigenvalue weighted by Gasteiger charge is 2.27. The van der Waals surface area contributed by atoms with Crippen molar-refractivity contribution in [3.8, 4) is 0 Å². The van der Waals surface area contributed by atoms with E-state index in [2.05, 4.69) is 13.8 Å². The van der Waals surface area contributed by atoms with Crippen molar-refractivity contribution >= 4 is 5.97 Å². The molecule has 0 aromatic rings. The Morgan fingerprint density at radius 1 is 1.41 bits per heavy atom. The van der Waals surface area contributed by atoms with Gasteiger partial charge in [0.25, 0.3) is 0 Å². The molecule has 0 radical (unpaired) electrons. The molecule has 1 N–H and O–H groups in total. The van der Waals surface area contributed by atoms with E-state index < -0.39 is 5.97 Å². The maximum absolute atomic E-state index is 11.1. The van der Waals surface area contributed by atoms with Crippen LogP contribution in [0.4, 0.5) is 0 Å². The molecule has 4 heteroatoms. The summed E-state index contributed by atoms with van der Waals surface area (Å²) in [6.45, 7) is 7.42. The van der Waals surface area contributed by atoms with Gasteiger partial charge >= 0.3 is 5.97 Å². The third kappa shape index (κ3) is 5.50. The highest BCUT2D eigenvalue weighted by atomic mass is 16.5. The van der Waals surface area contributed by atoms with Crippen LogP contribution in [-0.2, 0) is 9.53 Å². The fraction of sp³-hybridized carbons (Fsp3) is 0.923. The number of aliphatic carboxylic acids is 1. The maximum Gasteiger partial charge on any atom is 0.320 e. The molecule has 1 aliphatic rings. The minimum Gasteiger partial charge on any atom is -0.480 e. The first-order valence-electron chi connectivity index (χ1n) is 6.66. The molecular weight excluding hydrogens is 218 g/mol. The van der Waals surface area contributed by atoms with Crippen LogP contribution >= 0.6 is 0 Å². The van der Waals surface area contributed by atoms with Crippen LogP contribution in [0.2, 0.25) is 0 Å². The predicted molar refractivity (Wildman–Crippen MR) is 67.1 cm³/mol. The van der Waals surface area contributed by atoms with Gasteiger partial charge in [0.05, 0.1) is 6.61 Å². The third-order valence-electron chi connectivity index (χ3n) is 3.26. The number of hydrogen-bond acceptors (Lipinski definition) is 3. The third-order valence-corrected chi connectivity index (χ3v) is 3.26. The van der Waals surface area contributed by atoms with Crippen LogP contribution < -0.4 is 0 Å². The van der Waals surface area contributed by atoms with E-state index in [4.69, 9.17) is 9.84 Å². The van der Waals surface area contributed by atoms with E-state index in [1.807, 2.05) is 4.90 Å². The monoisotopic (exact) mass is 243 g/mol. The van der Waals surface area contributed by atoms with Crippen molar-refractivity contribution in [3.63, 3.8) is 0 Å². The van der Waals surface area contributed by atoms with E-state index in [0.717, 1.165) is 45.4 Å². The summed E-state index contributed by atoms with van der Waals surface area (Å²) in [4.78, 5) is 13.1. The van der Waals surface area contributed by atoms with Gasteiger partial charge < -0.3 is 9.84 Å². The molecule has 4 nitrogen and oxygen atoms in total. The van der Waals surface area contributed by atoms with Gasteiger partial charge in [0.2, 0.25) is 0 Å². The highest BCUT2D eigenvalue weighted by molar-refractivity contribution is 5.73. The SMILES string of the molecule is CC(C)CCOCCN1CCCCC1C(=O)O. The number of ether oxygens (including phenoxy) is 1. The molecule has 1 fully saturated rings. The number of carboxylic acid groups (broad SMARTS) is 1. The first-order chi connectivity index (χ1) is 8.11. The smallest absolute Gasteiger partial charge is 0.320 e. The van der Waals surface area contributed by atoms with Crippen molar-refractivity contribution < 1.29 is 14.6 Å². The Bertz CT molecular complexity index is 231. The first-order valence-corrected chi connectivity index (χ1v) is 6.66. The molecule has 100 valence electrons. The lowest BCUT2D eigenvalue weighted by Crippen LogP contribution is -2.46. The van der Waals surface area contributed by atoms with Crippen LogP contribution in [0.3, 0.4) is 0 Å². The molecule has 0 spiro atoms. The largest absolute Gasteiger partial charge is 0.480 e. The Morgan fingerprint density at radius 2 is 2.18 bits per heavy atom. The van der Waals surface area contributed by atoms with Crippen molar-refractivity contribution in [1.82, 2.24) is 4.90 Å². The molecule has 0 aromatic carbocycles. The van der Waals surface area contributed by atoms with E-state index in [0.29, 0.717) is 12.5 Å². The van der Waals surface area contributed by atoms with E-state index in [-0.39, 0.29) is 6.04 Å². The van der Waals surface area contributed by atoms with Crippen molar-refractivity contribution in [2.45, 2.75) is 45.6 Å². The van der Waals surface area contributed by atoms with Crippen molar-refractivity contribution in [1.29, 1.82) is 0 Å². The lowest BCUT2D eigenvalue weighted by atomic mass is 10.0. The second-order valence-corrected chi connectivity index (χ2v) is 5.18. The molecular formula is C13H25NO3. The molecule has 0 saturated carbocycles. The normalized spacial score (nSPS) is 21.9. The zero-order valence-corrected chi connectivity index (χ0v) is 11.0. The minimum atomic E-state index is -0.688. The van der Waals surface area contributed by atoms with E-state index in [9.17, 15) is 4.79 Å². The molecule has 1 unspecified atom stereocenters. The van der Waals surface area contributed by atoms with Gasteiger partial charge in [-0.15, -0.1) is 0 Å². The molecule has 0 aromatic heterocycles. The van der Waals surface area contributed by atoms with Crippen LogP contribution in [0, 0.1) is 5.92 Å². The molecule has 17 heavy (non-hydrogen) atoms. The van der Waals surface area contributed by atoms with E-state index >= 15 is 0 Å². The minimum absolute atomic E-state index is 0.294. The van der Waals surface area contributed by atoms with Crippen LogP contribution in [0.5, 0.6) is 0 Å². The number of carboxylic acids is 1. The fourth-order valence-electron chi connectivity index (χ4n) is 2.14. The van der Waals surface area contributed by atoms with Gasteiger partial charge in [-0.1, -0.05) is 20.3 Å². The molecule has 0 amide bonds.